The van der Waals surface area contributed by atoms with Gasteiger partial charge in [-0.1, -0.05) is 51.8 Å². The van der Waals surface area contributed by atoms with Gasteiger partial charge in [0.15, 0.2) is 0 Å². The van der Waals surface area contributed by atoms with Gasteiger partial charge >= 0.3 is 0 Å². The Hall–Kier alpha value is -2.36. The minimum Gasteiger partial charge on any atom is -0.497 e. The third-order valence-corrected chi connectivity index (χ3v) is 5.05. The van der Waals surface area contributed by atoms with Crippen LogP contribution in [0.25, 0.3) is 33.3 Å². The maximum Gasteiger partial charge on any atom is 0.119 e. The maximum absolute atomic E-state index is 6.05. The van der Waals surface area contributed by atoms with Crippen LogP contribution in [0.1, 0.15) is 0 Å². The lowest BCUT2D eigenvalue weighted by molar-refractivity contribution is 0.415. The average molecular weight is 425 g/mol. The van der Waals surface area contributed by atoms with Crippen molar-refractivity contribution in [3.05, 3.63) is 82.3 Å². The second-order valence-electron chi connectivity index (χ2n) is 5.95. The molecule has 4 heteroatoms. The van der Waals surface area contributed by atoms with Gasteiger partial charge in [0.2, 0.25) is 0 Å². The van der Waals surface area contributed by atoms with Gasteiger partial charge in [-0.25, -0.2) is 4.98 Å². The Labute approximate surface area is 165 Å². The predicted molar refractivity (Wildman–Crippen MR) is 112 cm³/mol. The van der Waals surface area contributed by atoms with E-state index in [9.17, 15) is 0 Å². The largest absolute Gasteiger partial charge is 0.497 e. The van der Waals surface area contributed by atoms with Crippen LogP contribution in [0.5, 0.6) is 5.75 Å². The molecule has 0 atom stereocenters. The van der Waals surface area contributed by atoms with Crippen LogP contribution in [-0.2, 0) is 0 Å². The lowest BCUT2D eigenvalue weighted by Crippen LogP contribution is -1.91. The molecule has 0 spiro atoms. The zero-order chi connectivity index (χ0) is 18.1. The fraction of sp³-hybridized carbons (Fsp3) is 0.0455. The second-order valence-corrected chi connectivity index (χ2v) is 7.30. The van der Waals surface area contributed by atoms with Crippen molar-refractivity contribution >= 4 is 38.4 Å². The lowest BCUT2D eigenvalue weighted by atomic mass is 9.96. The second kappa shape index (κ2) is 7.10. The van der Waals surface area contributed by atoms with Crippen molar-refractivity contribution in [2.75, 3.05) is 7.11 Å². The molecular formula is C22H15BrClNO. The number of hydrogen-bond donors (Lipinski definition) is 0. The number of ether oxygens (including phenoxy) is 1. The van der Waals surface area contributed by atoms with E-state index in [4.69, 9.17) is 21.3 Å². The first kappa shape index (κ1) is 17.1. The molecule has 0 bridgehead atoms. The van der Waals surface area contributed by atoms with Gasteiger partial charge in [-0.3, -0.25) is 0 Å². The third-order valence-electron chi connectivity index (χ3n) is 4.31. The molecule has 1 heterocycles. The Bertz CT molecular complexity index is 1090. The highest BCUT2D eigenvalue weighted by molar-refractivity contribution is 9.10. The highest BCUT2D eigenvalue weighted by atomic mass is 79.9. The van der Waals surface area contributed by atoms with Crippen molar-refractivity contribution in [1.82, 2.24) is 4.98 Å². The number of benzene rings is 3. The SMILES string of the molecule is COc1ccc(-c2ccc(Cl)cc2)c(-c2ccc3cc(Br)ccc3n2)c1. The first-order chi connectivity index (χ1) is 12.6. The van der Waals surface area contributed by atoms with Crippen LogP contribution in [0.2, 0.25) is 5.02 Å². The van der Waals surface area contributed by atoms with Crippen molar-refractivity contribution in [2.45, 2.75) is 0 Å². The van der Waals surface area contributed by atoms with Crippen LogP contribution in [0.3, 0.4) is 0 Å². The molecule has 4 aromatic rings. The van der Waals surface area contributed by atoms with Gasteiger partial charge < -0.3 is 4.74 Å². The predicted octanol–water partition coefficient (Wildman–Crippen LogP) is 6.99. The van der Waals surface area contributed by atoms with Crippen molar-refractivity contribution in [2.24, 2.45) is 0 Å². The molecule has 0 radical (unpaired) electrons. The molecular weight excluding hydrogens is 410 g/mol. The van der Waals surface area contributed by atoms with Gasteiger partial charge in [-0.15, -0.1) is 0 Å². The highest BCUT2D eigenvalue weighted by Gasteiger charge is 2.11. The molecule has 4 rings (SSSR count). The molecule has 0 fully saturated rings. The molecule has 0 N–H and O–H groups in total. The Morgan fingerprint density at radius 1 is 0.846 bits per heavy atom. The summed E-state index contributed by atoms with van der Waals surface area (Å²) in [6.45, 7) is 0. The quantitative estimate of drug-likeness (QED) is 0.353. The molecule has 0 amide bonds. The van der Waals surface area contributed by atoms with E-state index in [2.05, 4.69) is 34.1 Å². The van der Waals surface area contributed by atoms with Crippen LogP contribution in [0.15, 0.2) is 77.3 Å². The molecule has 0 aliphatic rings. The van der Waals surface area contributed by atoms with Crippen LogP contribution in [0, 0.1) is 0 Å². The van der Waals surface area contributed by atoms with Gasteiger partial charge in [0.1, 0.15) is 5.75 Å². The third kappa shape index (κ3) is 3.33. The number of aromatic nitrogens is 1. The van der Waals surface area contributed by atoms with Gasteiger partial charge in [-0.2, -0.15) is 0 Å². The number of nitrogens with zero attached hydrogens (tertiary/aromatic N) is 1. The summed E-state index contributed by atoms with van der Waals surface area (Å²) in [4.78, 5) is 4.86. The van der Waals surface area contributed by atoms with Crippen LogP contribution >= 0.6 is 27.5 Å². The molecule has 0 saturated heterocycles. The summed E-state index contributed by atoms with van der Waals surface area (Å²) in [6.07, 6.45) is 0. The average Bonchev–Trinajstić information content (AvgIpc) is 2.68. The first-order valence-electron chi connectivity index (χ1n) is 8.15. The van der Waals surface area contributed by atoms with Gasteiger partial charge in [0, 0.05) is 20.4 Å². The zero-order valence-electron chi connectivity index (χ0n) is 14.0. The summed E-state index contributed by atoms with van der Waals surface area (Å²) in [6, 6.07) is 24.1. The van der Waals surface area contributed by atoms with Crippen LogP contribution in [-0.4, -0.2) is 12.1 Å². The summed E-state index contributed by atoms with van der Waals surface area (Å²) in [7, 11) is 1.67. The number of pyridine rings is 1. The number of halogens is 2. The van der Waals surface area contributed by atoms with E-state index in [1.807, 2.05) is 54.6 Å². The summed E-state index contributed by atoms with van der Waals surface area (Å²) in [5.41, 5.74) is 5.06. The van der Waals surface area contributed by atoms with E-state index in [1.54, 1.807) is 7.11 Å². The van der Waals surface area contributed by atoms with Crippen LogP contribution in [0.4, 0.5) is 0 Å². The van der Waals surface area contributed by atoms with Crippen molar-refractivity contribution < 1.29 is 4.74 Å². The summed E-state index contributed by atoms with van der Waals surface area (Å²) >= 11 is 9.55. The fourth-order valence-corrected chi connectivity index (χ4v) is 3.49. The number of fused-ring (bicyclic) bond motifs is 1. The summed E-state index contributed by atoms with van der Waals surface area (Å²) < 4.78 is 6.48. The molecule has 0 unspecified atom stereocenters. The molecule has 0 saturated carbocycles. The number of hydrogen-bond acceptors (Lipinski definition) is 2. The van der Waals surface area contributed by atoms with E-state index in [-0.39, 0.29) is 0 Å². The number of rotatable bonds is 3. The van der Waals surface area contributed by atoms with E-state index < -0.39 is 0 Å². The van der Waals surface area contributed by atoms with Crippen molar-refractivity contribution in [3.8, 4) is 28.1 Å². The summed E-state index contributed by atoms with van der Waals surface area (Å²) in [5, 5.41) is 1.82. The minimum atomic E-state index is 0.721. The van der Waals surface area contributed by atoms with E-state index in [0.29, 0.717) is 0 Å². The fourth-order valence-electron chi connectivity index (χ4n) is 2.99. The number of methoxy groups -OCH3 is 1. The van der Waals surface area contributed by atoms with Gasteiger partial charge in [0.05, 0.1) is 18.3 Å². The highest BCUT2D eigenvalue weighted by Crippen LogP contribution is 2.35. The molecule has 128 valence electrons. The van der Waals surface area contributed by atoms with Gasteiger partial charge in [-0.05, 0) is 59.7 Å². The molecule has 1 aromatic heterocycles. The van der Waals surface area contributed by atoms with Crippen molar-refractivity contribution in [3.63, 3.8) is 0 Å². The topological polar surface area (TPSA) is 22.1 Å². The smallest absolute Gasteiger partial charge is 0.119 e. The molecule has 2 nitrogen and oxygen atoms in total. The first-order valence-corrected chi connectivity index (χ1v) is 9.32. The normalized spacial score (nSPS) is 10.9. The zero-order valence-corrected chi connectivity index (χ0v) is 16.4. The Kier molecular flexibility index (Phi) is 4.66. The molecule has 0 aliphatic carbocycles. The maximum atomic E-state index is 6.05. The Balaban J connectivity index is 1.91. The molecule has 0 aliphatic heterocycles. The Morgan fingerprint density at radius 2 is 1.65 bits per heavy atom. The van der Waals surface area contributed by atoms with E-state index in [1.165, 1.54) is 0 Å². The van der Waals surface area contributed by atoms with Crippen LogP contribution < -0.4 is 4.74 Å². The monoisotopic (exact) mass is 423 g/mol. The standard InChI is InChI=1S/C22H15BrClNO/c1-26-18-8-9-19(14-2-6-17(24)7-3-14)20(13-18)22-10-4-15-12-16(23)5-11-21(15)25-22/h2-13H,1H3. The minimum absolute atomic E-state index is 0.721. The Morgan fingerprint density at radius 3 is 2.42 bits per heavy atom. The van der Waals surface area contributed by atoms with E-state index in [0.717, 1.165) is 48.5 Å². The van der Waals surface area contributed by atoms with Gasteiger partial charge in [0.25, 0.3) is 0 Å². The molecule has 3 aromatic carbocycles. The van der Waals surface area contributed by atoms with Crippen molar-refractivity contribution in [1.29, 1.82) is 0 Å². The van der Waals surface area contributed by atoms with E-state index >= 15 is 0 Å². The molecule has 26 heavy (non-hydrogen) atoms. The lowest BCUT2D eigenvalue weighted by Gasteiger charge is -2.12. The summed E-state index contributed by atoms with van der Waals surface area (Å²) in [5.74, 6) is 0.801.